The Labute approximate surface area is 107 Å². The van der Waals surface area contributed by atoms with Gasteiger partial charge in [-0.2, -0.15) is 0 Å². The molecule has 1 unspecified atom stereocenters. The lowest BCUT2D eigenvalue weighted by Crippen LogP contribution is -2.17. The highest BCUT2D eigenvalue weighted by Gasteiger charge is 2.14. The summed E-state index contributed by atoms with van der Waals surface area (Å²) in [5.41, 5.74) is 6.74. The first-order valence-electron chi connectivity index (χ1n) is 5.74. The van der Waals surface area contributed by atoms with Crippen LogP contribution < -0.4 is 15.2 Å². The molecule has 1 aromatic carbocycles. The van der Waals surface area contributed by atoms with Crippen molar-refractivity contribution < 1.29 is 19.0 Å². The van der Waals surface area contributed by atoms with Gasteiger partial charge in [0, 0.05) is 12.1 Å². The zero-order valence-corrected chi connectivity index (χ0v) is 10.9. The predicted octanol–water partition coefficient (Wildman–Crippen LogP) is 1.66. The molecule has 1 atom stereocenters. The predicted molar refractivity (Wildman–Crippen MR) is 67.7 cm³/mol. The van der Waals surface area contributed by atoms with Crippen LogP contribution in [-0.2, 0) is 9.53 Å². The fourth-order valence-electron chi connectivity index (χ4n) is 1.56. The standard InChI is InChI=1S/C13H19NO4/c1-4-18-13(15)8-12(14)9-5-10(16-2)7-11(6-9)17-3/h5-7,12H,4,8,14H2,1-3H3. The zero-order valence-electron chi connectivity index (χ0n) is 10.9. The van der Waals surface area contributed by atoms with Crippen LogP contribution in [0.3, 0.4) is 0 Å². The van der Waals surface area contributed by atoms with Gasteiger partial charge in [-0.1, -0.05) is 0 Å². The molecule has 0 heterocycles. The van der Waals surface area contributed by atoms with Crippen LogP contribution in [0, 0.1) is 0 Å². The number of carbonyl (C=O) groups is 1. The van der Waals surface area contributed by atoms with Gasteiger partial charge in [-0.05, 0) is 24.6 Å². The van der Waals surface area contributed by atoms with Crippen LogP contribution in [0.15, 0.2) is 18.2 Å². The van der Waals surface area contributed by atoms with Crippen LogP contribution in [0.1, 0.15) is 24.9 Å². The third-order valence-corrected chi connectivity index (χ3v) is 2.49. The molecular weight excluding hydrogens is 234 g/mol. The molecule has 0 aliphatic carbocycles. The SMILES string of the molecule is CCOC(=O)CC(N)c1cc(OC)cc(OC)c1. The van der Waals surface area contributed by atoms with Crippen molar-refractivity contribution in [3.63, 3.8) is 0 Å². The number of hydrogen-bond donors (Lipinski definition) is 1. The van der Waals surface area contributed by atoms with Gasteiger partial charge in [0.25, 0.3) is 0 Å². The smallest absolute Gasteiger partial charge is 0.307 e. The minimum absolute atomic E-state index is 0.129. The molecule has 5 heteroatoms. The second-order valence-corrected chi connectivity index (χ2v) is 3.76. The van der Waals surface area contributed by atoms with Crippen molar-refractivity contribution in [2.45, 2.75) is 19.4 Å². The highest BCUT2D eigenvalue weighted by atomic mass is 16.5. The summed E-state index contributed by atoms with van der Waals surface area (Å²) >= 11 is 0. The summed E-state index contributed by atoms with van der Waals surface area (Å²) < 4.78 is 15.2. The van der Waals surface area contributed by atoms with Gasteiger partial charge in [0.2, 0.25) is 0 Å². The fraction of sp³-hybridized carbons (Fsp3) is 0.462. The number of rotatable bonds is 6. The first-order valence-corrected chi connectivity index (χ1v) is 5.74. The van der Waals surface area contributed by atoms with Crippen LogP contribution in [0.2, 0.25) is 0 Å². The maximum Gasteiger partial charge on any atom is 0.307 e. The number of benzene rings is 1. The number of nitrogens with two attached hydrogens (primary N) is 1. The largest absolute Gasteiger partial charge is 0.497 e. The minimum atomic E-state index is -0.437. The van der Waals surface area contributed by atoms with Gasteiger partial charge < -0.3 is 19.9 Å². The Morgan fingerprint density at radius 3 is 2.22 bits per heavy atom. The van der Waals surface area contributed by atoms with E-state index in [2.05, 4.69) is 0 Å². The molecule has 0 radical (unpaired) electrons. The lowest BCUT2D eigenvalue weighted by Gasteiger charge is -2.14. The fourth-order valence-corrected chi connectivity index (χ4v) is 1.56. The Morgan fingerprint density at radius 1 is 1.22 bits per heavy atom. The van der Waals surface area contributed by atoms with Crippen LogP contribution in [0.4, 0.5) is 0 Å². The summed E-state index contributed by atoms with van der Waals surface area (Å²) in [6.45, 7) is 2.12. The Kier molecular flexibility index (Phi) is 5.45. The molecule has 1 aromatic rings. The molecule has 18 heavy (non-hydrogen) atoms. The average Bonchev–Trinajstić information content (AvgIpc) is 2.38. The first kappa shape index (κ1) is 14.3. The Bertz CT molecular complexity index is 384. The van der Waals surface area contributed by atoms with E-state index in [1.165, 1.54) is 0 Å². The van der Waals surface area contributed by atoms with Crippen LogP contribution in [0.25, 0.3) is 0 Å². The van der Waals surface area contributed by atoms with Crippen molar-refractivity contribution in [1.29, 1.82) is 0 Å². The quantitative estimate of drug-likeness (QED) is 0.781. The number of esters is 1. The molecule has 1 rings (SSSR count). The third-order valence-electron chi connectivity index (χ3n) is 2.49. The van der Waals surface area contributed by atoms with E-state index in [9.17, 15) is 4.79 Å². The summed E-state index contributed by atoms with van der Waals surface area (Å²) in [6, 6.07) is 4.88. The van der Waals surface area contributed by atoms with Crippen molar-refractivity contribution in [3.8, 4) is 11.5 Å². The minimum Gasteiger partial charge on any atom is -0.497 e. The number of ether oxygens (including phenoxy) is 3. The van der Waals surface area contributed by atoms with Crippen LogP contribution in [0.5, 0.6) is 11.5 Å². The molecule has 100 valence electrons. The van der Waals surface area contributed by atoms with Gasteiger partial charge in [-0.3, -0.25) is 4.79 Å². The Balaban J connectivity index is 2.83. The Hall–Kier alpha value is -1.75. The molecule has 0 amide bonds. The van der Waals surface area contributed by atoms with E-state index >= 15 is 0 Å². The summed E-state index contributed by atoms with van der Waals surface area (Å²) in [7, 11) is 3.13. The van der Waals surface area contributed by atoms with Crippen LogP contribution in [-0.4, -0.2) is 26.8 Å². The maximum absolute atomic E-state index is 11.4. The lowest BCUT2D eigenvalue weighted by molar-refractivity contribution is -0.143. The maximum atomic E-state index is 11.4. The molecule has 0 bridgehead atoms. The number of methoxy groups -OCH3 is 2. The average molecular weight is 253 g/mol. The second-order valence-electron chi connectivity index (χ2n) is 3.76. The summed E-state index contributed by atoms with van der Waals surface area (Å²) in [5.74, 6) is 0.971. The van der Waals surface area contributed by atoms with E-state index in [-0.39, 0.29) is 12.4 Å². The van der Waals surface area contributed by atoms with Gasteiger partial charge in [-0.25, -0.2) is 0 Å². The molecule has 2 N–H and O–H groups in total. The third kappa shape index (κ3) is 3.92. The second kappa shape index (κ2) is 6.86. The van der Waals surface area contributed by atoms with E-state index in [0.717, 1.165) is 5.56 Å². The topological polar surface area (TPSA) is 70.8 Å². The van der Waals surface area contributed by atoms with Gasteiger partial charge in [0.1, 0.15) is 11.5 Å². The summed E-state index contributed by atoms with van der Waals surface area (Å²) in [6.07, 6.45) is 0.129. The lowest BCUT2D eigenvalue weighted by atomic mass is 10.0. The van der Waals surface area contributed by atoms with E-state index in [1.54, 1.807) is 39.3 Å². The summed E-state index contributed by atoms with van der Waals surface area (Å²) in [5, 5.41) is 0. The summed E-state index contributed by atoms with van der Waals surface area (Å²) in [4.78, 5) is 11.4. The molecule has 0 saturated carbocycles. The molecule has 5 nitrogen and oxygen atoms in total. The highest BCUT2D eigenvalue weighted by molar-refractivity contribution is 5.70. The van der Waals surface area contributed by atoms with Crippen molar-refractivity contribution in [1.82, 2.24) is 0 Å². The van der Waals surface area contributed by atoms with E-state index in [1.807, 2.05) is 0 Å². The van der Waals surface area contributed by atoms with Crippen molar-refractivity contribution in [3.05, 3.63) is 23.8 Å². The van der Waals surface area contributed by atoms with Gasteiger partial charge in [0.05, 0.1) is 27.2 Å². The monoisotopic (exact) mass is 253 g/mol. The highest BCUT2D eigenvalue weighted by Crippen LogP contribution is 2.26. The molecule has 0 saturated heterocycles. The van der Waals surface area contributed by atoms with Gasteiger partial charge >= 0.3 is 5.97 Å². The molecule has 0 aromatic heterocycles. The first-order chi connectivity index (χ1) is 8.60. The van der Waals surface area contributed by atoms with E-state index in [0.29, 0.717) is 18.1 Å². The van der Waals surface area contributed by atoms with Crippen molar-refractivity contribution in [2.24, 2.45) is 5.73 Å². The normalized spacial score (nSPS) is 11.8. The molecule has 0 spiro atoms. The van der Waals surface area contributed by atoms with E-state index < -0.39 is 6.04 Å². The van der Waals surface area contributed by atoms with Crippen LogP contribution >= 0.6 is 0 Å². The van der Waals surface area contributed by atoms with Gasteiger partial charge in [-0.15, -0.1) is 0 Å². The number of hydrogen-bond acceptors (Lipinski definition) is 5. The van der Waals surface area contributed by atoms with E-state index in [4.69, 9.17) is 19.9 Å². The Morgan fingerprint density at radius 2 is 1.78 bits per heavy atom. The van der Waals surface area contributed by atoms with Crippen molar-refractivity contribution in [2.75, 3.05) is 20.8 Å². The molecule has 0 aliphatic rings. The molecular formula is C13H19NO4. The zero-order chi connectivity index (χ0) is 13.5. The van der Waals surface area contributed by atoms with Crippen molar-refractivity contribution >= 4 is 5.97 Å². The number of carbonyl (C=O) groups excluding carboxylic acids is 1. The molecule has 0 aliphatic heterocycles. The van der Waals surface area contributed by atoms with Gasteiger partial charge in [0.15, 0.2) is 0 Å². The molecule has 0 fully saturated rings.